The van der Waals surface area contributed by atoms with Crippen molar-refractivity contribution in [1.29, 1.82) is 0 Å². The molecule has 0 amide bonds. The van der Waals surface area contributed by atoms with Crippen LogP contribution in [0.15, 0.2) is 29.5 Å². The van der Waals surface area contributed by atoms with E-state index in [9.17, 15) is 4.79 Å². The lowest BCUT2D eigenvalue weighted by Gasteiger charge is -2.12. The summed E-state index contributed by atoms with van der Waals surface area (Å²) in [6.45, 7) is 4.63. The minimum Gasteiger partial charge on any atom is -0.466 e. The van der Waals surface area contributed by atoms with E-state index in [-0.39, 0.29) is 5.97 Å². The molecule has 0 spiro atoms. The smallest absolute Gasteiger partial charge is 0.305 e. The highest BCUT2D eigenvalue weighted by Gasteiger charge is 2.01. The summed E-state index contributed by atoms with van der Waals surface area (Å²) in [6.07, 6.45) is 5.22. The molecule has 1 aromatic rings. The molecular formula is C14H24N4O2. The first-order chi connectivity index (χ1) is 9.76. The number of esters is 1. The van der Waals surface area contributed by atoms with Gasteiger partial charge < -0.3 is 19.9 Å². The van der Waals surface area contributed by atoms with E-state index >= 15 is 0 Å². The molecule has 1 aromatic heterocycles. The van der Waals surface area contributed by atoms with Crippen LogP contribution in [0.5, 0.6) is 0 Å². The van der Waals surface area contributed by atoms with Crippen molar-refractivity contribution in [3.8, 4) is 0 Å². The van der Waals surface area contributed by atoms with Crippen molar-refractivity contribution in [3.05, 3.63) is 24.5 Å². The summed E-state index contributed by atoms with van der Waals surface area (Å²) in [7, 11) is 1.73. The van der Waals surface area contributed by atoms with Crippen molar-refractivity contribution in [2.75, 3.05) is 26.7 Å². The van der Waals surface area contributed by atoms with Crippen LogP contribution >= 0.6 is 0 Å². The van der Waals surface area contributed by atoms with E-state index in [1.807, 2.05) is 31.5 Å². The third kappa shape index (κ3) is 6.82. The maximum atomic E-state index is 11.2. The van der Waals surface area contributed by atoms with E-state index in [1.165, 1.54) is 0 Å². The third-order valence-corrected chi connectivity index (χ3v) is 2.71. The Hall–Kier alpha value is -1.98. The number of carbonyl (C=O) groups excluding carboxylic acids is 1. The summed E-state index contributed by atoms with van der Waals surface area (Å²) in [5.74, 6) is 0.603. The van der Waals surface area contributed by atoms with Gasteiger partial charge in [-0.3, -0.25) is 9.79 Å². The molecule has 1 rings (SSSR count). The number of guanidine groups is 1. The zero-order chi connectivity index (χ0) is 14.6. The zero-order valence-electron chi connectivity index (χ0n) is 12.3. The van der Waals surface area contributed by atoms with Crippen LogP contribution < -0.4 is 10.6 Å². The van der Waals surface area contributed by atoms with Gasteiger partial charge in [0.25, 0.3) is 0 Å². The second-order valence-electron chi connectivity index (χ2n) is 4.26. The second-order valence-corrected chi connectivity index (χ2v) is 4.26. The Kier molecular flexibility index (Phi) is 7.95. The fourth-order valence-electron chi connectivity index (χ4n) is 1.72. The minimum absolute atomic E-state index is 0.148. The van der Waals surface area contributed by atoms with E-state index < -0.39 is 0 Å². The van der Waals surface area contributed by atoms with Gasteiger partial charge in [0, 0.05) is 45.5 Å². The summed E-state index contributed by atoms with van der Waals surface area (Å²) < 4.78 is 6.96. The first-order valence-corrected chi connectivity index (χ1v) is 6.97. The maximum absolute atomic E-state index is 11.2. The molecule has 0 aliphatic carbocycles. The predicted molar refractivity (Wildman–Crippen MR) is 79.7 cm³/mol. The number of ether oxygens (including phenoxy) is 1. The Labute approximate surface area is 120 Å². The minimum atomic E-state index is -0.148. The normalized spacial score (nSPS) is 11.2. The maximum Gasteiger partial charge on any atom is 0.305 e. The van der Waals surface area contributed by atoms with Gasteiger partial charge in [-0.2, -0.15) is 0 Å². The number of aromatic nitrogens is 1. The van der Waals surface area contributed by atoms with Crippen molar-refractivity contribution in [2.24, 2.45) is 4.99 Å². The standard InChI is InChI=1S/C14H24N4O2/c1-3-20-13(19)7-6-8-16-14(15-2)17-9-12-18-10-4-5-11-18/h4-5,10-11H,3,6-9,12H2,1-2H3,(H2,15,16,17). The van der Waals surface area contributed by atoms with Crippen LogP contribution in [0.3, 0.4) is 0 Å². The largest absolute Gasteiger partial charge is 0.466 e. The van der Waals surface area contributed by atoms with Crippen molar-refractivity contribution >= 4 is 11.9 Å². The Morgan fingerprint density at radius 1 is 1.25 bits per heavy atom. The molecule has 1 heterocycles. The number of hydrogen-bond donors (Lipinski definition) is 2. The molecule has 0 radical (unpaired) electrons. The first-order valence-electron chi connectivity index (χ1n) is 6.97. The fourth-order valence-corrected chi connectivity index (χ4v) is 1.72. The van der Waals surface area contributed by atoms with Crippen LogP contribution in [0.1, 0.15) is 19.8 Å². The van der Waals surface area contributed by atoms with Crippen LogP contribution in [0.2, 0.25) is 0 Å². The van der Waals surface area contributed by atoms with Crippen LogP contribution in [0.4, 0.5) is 0 Å². The van der Waals surface area contributed by atoms with E-state index in [1.54, 1.807) is 7.05 Å². The van der Waals surface area contributed by atoms with Gasteiger partial charge in [0.15, 0.2) is 5.96 Å². The van der Waals surface area contributed by atoms with Crippen LogP contribution in [0, 0.1) is 0 Å². The number of aliphatic imine (C=N–C) groups is 1. The molecule has 20 heavy (non-hydrogen) atoms. The molecule has 6 nitrogen and oxygen atoms in total. The van der Waals surface area contributed by atoms with E-state index in [0.29, 0.717) is 19.6 Å². The van der Waals surface area contributed by atoms with Crippen LogP contribution in [-0.2, 0) is 16.1 Å². The van der Waals surface area contributed by atoms with Crippen molar-refractivity contribution in [2.45, 2.75) is 26.3 Å². The van der Waals surface area contributed by atoms with Gasteiger partial charge in [-0.25, -0.2) is 0 Å². The summed E-state index contributed by atoms with van der Waals surface area (Å²) >= 11 is 0. The molecule has 0 atom stereocenters. The molecule has 0 fully saturated rings. The van der Waals surface area contributed by atoms with Gasteiger partial charge in [0.2, 0.25) is 0 Å². The lowest BCUT2D eigenvalue weighted by Crippen LogP contribution is -2.39. The van der Waals surface area contributed by atoms with Crippen LogP contribution in [-0.4, -0.2) is 43.2 Å². The average molecular weight is 280 g/mol. The summed E-state index contributed by atoms with van der Waals surface area (Å²) in [4.78, 5) is 15.3. The zero-order valence-corrected chi connectivity index (χ0v) is 12.3. The quantitative estimate of drug-likeness (QED) is 0.323. The van der Waals surface area contributed by atoms with Gasteiger partial charge in [0.1, 0.15) is 0 Å². The monoisotopic (exact) mass is 280 g/mol. The summed E-state index contributed by atoms with van der Waals surface area (Å²) in [5.41, 5.74) is 0. The molecular weight excluding hydrogens is 256 g/mol. The highest BCUT2D eigenvalue weighted by Crippen LogP contribution is 1.91. The van der Waals surface area contributed by atoms with Crippen LogP contribution in [0.25, 0.3) is 0 Å². The highest BCUT2D eigenvalue weighted by molar-refractivity contribution is 5.79. The average Bonchev–Trinajstić information content (AvgIpc) is 2.95. The summed E-state index contributed by atoms with van der Waals surface area (Å²) in [6, 6.07) is 4.00. The molecule has 0 bridgehead atoms. The lowest BCUT2D eigenvalue weighted by molar-refractivity contribution is -0.143. The Balaban J connectivity index is 2.09. The number of rotatable bonds is 8. The van der Waals surface area contributed by atoms with Gasteiger partial charge >= 0.3 is 5.97 Å². The van der Waals surface area contributed by atoms with E-state index in [0.717, 1.165) is 25.5 Å². The molecule has 6 heteroatoms. The Morgan fingerprint density at radius 2 is 1.95 bits per heavy atom. The first kappa shape index (κ1) is 16.1. The van der Waals surface area contributed by atoms with Crippen molar-refractivity contribution in [3.63, 3.8) is 0 Å². The summed E-state index contributed by atoms with van der Waals surface area (Å²) in [5, 5.41) is 6.39. The molecule has 0 saturated heterocycles. The molecule has 0 aliphatic heterocycles. The topological polar surface area (TPSA) is 67.7 Å². The van der Waals surface area contributed by atoms with Gasteiger partial charge in [-0.05, 0) is 25.5 Å². The molecule has 0 unspecified atom stereocenters. The third-order valence-electron chi connectivity index (χ3n) is 2.71. The van der Waals surface area contributed by atoms with Gasteiger partial charge in [0.05, 0.1) is 6.61 Å². The van der Waals surface area contributed by atoms with E-state index in [2.05, 4.69) is 20.2 Å². The van der Waals surface area contributed by atoms with E-state index in [4.69, 9.17) is 4.74 Å². The molecule has 0 saturated carbocycles. The Bertz CT molecular complexity index is 401. The predicted octanol–water partition coefficient (Wildman–Crippen LogP) is 0.996. The lowest BCUT2D eigenvalue weighted by atomic mass is 10.3. The second kappa shape index (κ2) is 9.89. The van der Waals surface area contributed by atoms with Gasteiger partial charge in [-0.15, -0.1) is 0 Å². The molecule has 0 aliphatic rings. The number of nitrogens with one attached hydrogen (secondary N) is 2. The number of hydrogen-bond acceptors (Lipinski definition) is 3. The highest BCUT2D eigenvalue weighted by atomic mass is 16.5. The number of nitrogens with zero attached hydrogens (tertiary/aromatic N) is 2. The van der Waals surface area contributed by atoms with Crippen molar-refractivity contribution < 1.29 is 9.53 Å². The molecule has 2 N–H and O–H groups in total. The fraction of sp³-hybridized carbons (Fsp3) is 0.571. The van der Waals surface area contributed by atoms with Crippen molar-refractivity contribution in [1.82, 2.24) is 15.2 Å². The van der Waals surface area contributed by atoms with Gasteiger partial charge in [-0.1, -0.05) is 0 Å². The molecule has 112 valence electrons. The Morgan fingerprint density at radius 3 is 2.60 bits per heavy atom. The molecule has 0 aromatic carbocycles. The number of carbonyl (C=O) groups is 1. The SMILES string of the molecule is CCOC(=O)CCCNC(=NC)NCCn1cccc1.